The number of dihydropyridines is 1. The van der Waals surface area contributed by atoms with E-state index in [2.05, 4.69) is 10.6 Å². The minimum Gasteiger partial charge on any atom is -0.458 e. The molecular formula is C21H20N3O3+. The molecule has 136 valence electrons. The maximum Gasteiger partial charge on any atom is 0.410 e. The monoisotopic (exact) mass is 362 g/mol. The number of benzene rings is 1. The number of carbonyl (C=O) groups is 2. The fourth-order valence-corrected chi connectivity index (χ4v) is 2.57. The number of hydrogen-bond acceptors (Lipinski definition) is 4. The van der Waals surface area contributed by atoms with Gasteiger partial charge in [0.25, 0.3) is 0 Å². The van der Waals surface area contributed by atoms with E-state index in [0.29, 0.717) is 5.69 Å². The number of para-hydroxylation sites is 1. The molecule has 6 nitrogen and oxygen atoms in total. The van der Waals surface area contributed by atoms with Gasteiger partial charge in [-0.25, -0.2) is 4.79 Å². The van der Waals surface area contributed by atoms with E-state index in [4.69, 9.17) is 4.74 Å². The fourth-order valence-electron chi connectivity index (χ4n) is 2.57. The van der Waals surface area contributed by atoms with Crippen molar-refractivity contribution in [3.63, 3.8) is 0 Å². The van der Waals surface area contributed by atoms with E-state index in [9.17, 15) is 9.59 Å². The number of ether oxygens (including phenoxy) is 1. The summed E-state index contributed by atoms with van der Waals surface area (Å²) >= 11 is 0. The first-order valence-corrected chi connectivity index (χ1v) is 8.57. The summed E-state index contributed by atoms with van der Waals surface area (Å²) in [7, 11) is 0. The predicted molar refractivity (Wildman–Crippen MR) is 101 cm³/mol. The van der Waals surface area contributed by atoms with E-state index >= 15 is 0 Å². The molecule has 0 unspecified atom stereocenters. The van der Waals surface area contributed by atoms with Gasteiger partial charge < -0.3 is 15.4 Å². The van der Waals surface area contributed by atoms with Crippen LogP contribution in [-0.4, -0.2) is 18.5 Å². The van der Waals surface area contributed by atoms with Crippen molar-refractivity contribution in [2.24, 2.45) is 0 Å². The lowest BCUT2D eigenvalue weighted by atomic mass is 10.1. The van der Waals surface area contributed by atoms with Crippen LogP contribution in [0.4, 0.5) is 5.69 Å². The molecule has 2 heterocycles. The molecule has 3 rings (SSSR count). The first-order valence-electron chi connectivity index (χ1n) is 8.57. The summed E-state index contributed by atoms with van der Waals surface area (Å²) in [4.78, 5) is 25.1. The molecule has 1 aromatic carbocycles. The second-order valence-electron chi connectivity index (χ2n) is 5.67. The third kappa shape index (κ3) is 4.49. The summed E-state index contributed by atoms with van der Waals surface area (Å²) < 4.78 is 6.54. The zero-order valence-electron chi connectivity index (χ0n) is 14.9. The van der Waals surface area contributed by atoms with Crippen LogP contribution in [0, 0.1) is 5.71 Å². The van der Waals surface area contributed by atoms with Gasteiger partial charge in [0.15, 0.2) is 12.4 Å². The van der Waals surface area contributed by atoms with E-state index in [0.717, 1.165) is 10.8 Å². The standard InChI is InChI=1S/C21H19N3O3/c1-2-27-21(26)19(20(25)23-18-6-4-3-5-7-18)24-14-10-17(11-15-24)16-8-12-22-13-9-16/h3-15H,2H2,1H3,(H-,22,23,25,26)/p+1. The average molecular weight is 362 g/mol. The smallest absolute Gasteiger partial charge is 0.410 e. The van der Waals surface area contributed by atoms with Crippen molar-refractivity contribution in [3.8, 4) is 0 Å². The molecule has 0 saturated carbocycles. The van der Waals surface area contributed by atoms with Gasteiger partial charge in [-0.2, -0.15) is 4.24 Å². The van der Waals surface area contributed by atoms with Crippen LogP contribution in [0.15, 0.2) is 79.4 Å². The topological polar surface area (TPSA) is 73.3 Å². The van der Waals surface area contributed by atoms with Gasteiger partial charge in [0.05, 0.1) is 6.61 Å². The Hall–Kier alpha value is -3.67. The fraction of sp³-hybridized carbons (Fsp3) is 0.0952. The lowest BCUT2D eigenvalue weighted by Crippen LogP contribution is -2.37. The van der Waals surface area contributed by atoms with Gasteiger partial charge in [-0.05, 0) is 42.0 Å². The Morgan fingerprint density at radius 1 is 1.04 bits per heavy atom. The van der Waals surface area contributed by atoms with Crippen molar-refractivity contribution < 1.29 is 18.6 Å². The van der Waals surface area contributed by atoms with Gasteiger partial charge in [-0.15, -0.1) is 0 Å². The van der Waals surface area contributed by atoms with Gasteiger partial charge >= 0.3 is 17.6 Å². The normalized spacial score (nSPS) is 12.3. The van der Waals surface area contributed by atoms with Crippen molar-refractivity contribution in [2.45, 2.75) is 6.92 Å². The quantitative estimate of drug-likeness (QED) is 0.489. The highest BCUT2D eigenvalue weighted by Crippen LogP contribution is 2.06. The second-order valence-corrected chi connectivity index (χ2v) is 5.67. The molecule has 1 aromatic heterocycles. The zero-order chi connectivity index (χ0) is 19.1. The highest BCUT2D eigenvalue weighted by atomic mass is 16.5. The van der Waals surface area contributed by atoms with Gasteiger partial charge in [-0.3, -0.25) is 4.79 Å². The number of pyridine rings is 1. The summed E-state index contributed by atoms with van der Waals surface area (Å²) in [6.07, 6.45) is 10.9. The van der Waals surface area contributed by atoms with E-state index < -0.39 is 11.9 Å². The molecule has 0 radical (unpaired) electrons. The molecule has 0 fully saturated rings. The van der Waals surface area contributed by atoms with Gasteiger partial charge in [0.2, 0.25) is 0 Å². The lowest BCUT2D eigenvalue weighted by Gasteiger charge is -2.04. The number of aromatic nitrogens is 1. The van der Waals surface area contributed by atoms with Crippen LogP contribution in [0.25, 0.3) is 5.57 Å². The van der Waals surface area contributed by atoms with Gasteiger partial charge in [0.1, 0.15) is 0 Å². The molecule has 1 amide bonds. The minimum absolute atomic E-state index is 0.103. The molecule has 2 N–H and O–H groups in total. The third-order valence-electron chi connectivity index (χ3n) is 3.85. The van der Waals surface area contributed by atoms with Crippen molar-refractivity contribution in [1.29, 1.82) is 0 Å². The van der Waals surface area contributed by atoms with Crippen LogP contribution >= 0.6 is 0 Å². The average Bonchev–Trinajstić information content (AvgIpc) is 2.70. The summed E-state index contributed by atoms with van der Waals surface area (Å²) in [5.74, 6) is -1.22. The zero-order valence-corrected chi connectivity index (χ0v) is 14.9. The number of nitrogens with zero attached hydrogens (tertiary/aromatic N) is 1. The summed E-state index contributed by atoms with van der Waals surface area (Å²) in [6.45, 7) is 1.88. The molecule has 0 bridgehead atoms. The molecule has 27 heavy (non-hydrogen) atoms. The Morgan fingerprint density at radius 3 is 2.33 bits per heavy atom. The Labute approximate surface area is 156 Å². The van der Waals surface area contributed by atoms with Crippen LogP contribution < -0.4 is 20.1 Å². The highest BCUT2D eigenvalue weighted by Gasteiger charge is 2.29. The molecule has 0 aliphatic carbocycles. The van der Waals surface area contributed by atoms with Gasteiger partial charge in [-0.1, -0.05) is 18.2 Å². The number of esters is 1. The summed E-state index contributed by atoms with van der Waals surface area (Å²) in [6, 6.07) is 12.6. The number of rotatable bonds is 4. The van der Waals surface area contributed by atoms with Crippen LogP contribution in [0.5, 0.6) is 0 Å². The molecular weight excluding hydrogens is 342 g/mol. The SMILES string of the molecule is CCOC(=O)C(C(=O)Nc1ccccc1)=[n+]1ccc(=C2C=CNC=C2)cc1. The molecule has 1 aliphatic rings. The first kappa shape index (κ1) is 18.1. The number of allylic oxidation sites excluding steroid dienone is 2. The third-order valence-corrected chi connectivity index (χ3v) is 3.85. The van der Waals surface area contributed by atoms with Crippen LogP contribution in [0.2, 0.25) is 0 Å². The molecule has 0 saturated heterocycles. The largest absolute Gasteiger partial charge is 0.458 e. The Balaban J connectivity index is 2.03. The van der Waals surface area contributed by atoms with Crippen molar-refractivity contribution >= 4 is 23.1 Å². The Bertz CT molecular complexity index is 987. The molecule has 1 aliphatic heterocycles. The van der Waals surface area contributed by atoms with Crippen LogP contribution in [-0.2, 0) is 14.3 Å². The molecule has 2 aromatic rings. The van der Waals surface area contributed by atoms with Crippen LogP contribution in [0.1, 0.15) is 6.92 Å². The van der Waals surface area contributed by atoms with Gasteiger partial charge in [0, 0.05) is 30.2 Å². The van der Waals surface area contributed by atoms with Crippen molar-refractivity contribution in [2.75, 3.05) is 11.9 Å². The van der Waals surface area contributed by atoms with E-state index in [-0.39, 0.29) is 12.3 Å². The van der Waals surface area contributed by atoms with Crippen LogP contribution in [0.3, 0.4) is 0 Å². The molecule has 0 spiro atoms. The first-order chi connectivity index (χ1) is 13.2. The molecule has 0 atom stereocenters. The minimum atomic E-state index is -0.682. The highest BCUT2D eigenvalue weighted by molar-refractivity contribution is 6.13. The van der Waals surface area contributed by atoms with E-state index in [1.807, 2.05) is 42.8 Å². The summed E-state index contributed by atoms with van der Waals surface area (Å²) in [5.41, 5.74) is 1.52. The maximum atomic E-state index is 12.7. The number of carbonyl (C=O) groups excluding carboxylic acids is 2. The number of hydrogen-bond donors (Lipinski definition) is 2. The van der Waals surface area contributed by atoms with Crippen molar-refractivity contribution in [3.05, 3.63) is 90.3 Å². The van der Waals surface area contributed by atoms with E-state index in [1.54, 1.807) is 43.6 Å². The van der Waals surface area contributed by atoms with Crippen molar-refractivity contribution in [1.82, 2.24) is 5.32 Å². The molecule has 6 heteroatoms. The van der Waals surface area contributed by atoms with E-state index in [1.165, 1.54) is 4.24 Å². The Morgan fingerprint density at radius 2 is 1.70 bits per heavy atom. The maximum absolute atomic E-state index is 12.7. The lowest BCUT2D eigenvalue weighted by molar-refractivity contribution is -0.516. The second kappa shape index (κ2) is 8.62. The Kier molecular flexibility index (Phi) is 5.79. The number of anilines is 1. The number of amides is 1. The number of nitrogens with one attached hydrogen (secondary N) is 2. The predicted octanol–water partition coefficient (Wildman–Crippen LogP) is 1.34. The summed E-state index contributed by atoms with van der Waals surface area (Å²) in [5, 5.41) is 6.66.